The molecule has 1 aliphatic rings. The summed E-state index contributed by atoms with van der Waals surface area (Å²) in [6.45, 7) is 3.93. The van der Waals surface area contributed by atoms with Crippen LogP contribution in [-0.4, -0.2) is 42.6 Å². The maximum atomic E-state index is 12.5. The van der Waals surface area contributed by atoms with Crippen LogP contribution in [0.1, 0.15) is 24.2 Å². The van der Waals surface area contributed by atoms with Crippen LogP contribution >= 0.6 is 11.8 Å². The van der Waals surface area contributed by atoms with Gasteiger partial charge in [-0.3, -0.25) is 4.79 Å². The first kappa shape index (κ1) is 14.6. The van der Waals surface area contributed by atoms with Crippen LogP contribution in [-0.2, 0) is 10.0 Å². The number of ketones is 1. The summed E-state index contributed by atoms with van der Waals surface area (Å²) in [5.74, 6) is 1.59. The van der Waals surface area contributed by atoms with Crippen LogP contribution in [0.25, 0.3) is 0 Å². The van der Waals surface area contributed by atoms with Gasteiger partial charge in [0.15, 0.2) is 5.78 Å². The van der Waals surface area contributed by atoms with Gasteiger partial charge in [0, 0.05) is 29.7 Å². The van der Waals surface area contributed by atoms with Gasteiger partial charge in [-0.2, -0.15) is 16.1 Å². The summed E-state index contributed by atoms with van der Waals surface area (Å²) in [5, 5.41) is 0. The Balaban J connectivity index is 2.30. The molecule has 0 spiro atoms. The molecule has 19 heavy (non-hydrogen) atoms. The van der Waals surface area contributed by atoms with Crippen molar-refractivity contribution in [2.24, 2.45) is 0 Å². The largest absolute Gasteiger partial charge is 0.295 e. The number of rotatable bonds is 3. The molecule has 0 bridgehead atoms. The average molecular weight is 299 g/mol. The van der Waals surface area contributed by atoms with Gasteiger partial charge in [0.25, 0.3) is 0 Å². The van der Waals surface area contributed by atoms with Crippen molar-refractivity contribution >= 4 is 27.6 Å². The number of thioether (sulfide) groups is 1. The van der Waals surface area contributed by atoms with E-state index < -0.39 is 10.0 Å². The van der Waals surface area contributed by atoms with E-state index in [4.69, 9.17) is 0 Å². The second-order valence-corrected chi connectivity index (χ2v) is 7.66. The third-order valence-corrected chi connectivity index (χ3v) is 6.39. The molecule has 0 aliphatic carbocycles. The third kappa shape index (κ3) is 3.01. The molecule has 0 amide bonds. The van der Waals surface area contributed by atoms with Crippen molar-refractivity contribution in [1.82, 2.24) is 4.31 Å². The lowest BCUT2D eigenvalue weighted by Gasteiger charge is -2.31. The quantitative estimate of drug-likeness (QED) is 0.801. The molecule has 104 valence electrons. The van der Waals surface area contributed by atoms with Crippen LogP contribution in [0, 0.1) is 0 Å². The van der Waals surface area contributed by atoms with E-state index in [1.807, 2.05) is 6.92 Å². The molecule has 4 nitrogen and oxygen atoms in total. The molecule has 1 saturated heterocycles. The highest BCUT2D eigenvalue weighted by atomic mass is 32.2. The lowest BCUT2D eigenvalue weighted by Crippen LogP contribution is -2.44. The fourth-order valence-corrected chi connectivity index (χ4v) is 4.92. The maximum Gasteiger partial charge on any atom is 0.243 e. The average Bonchev–Trinajstić information content (AvgIpc) is 2.39. The number of benzene rings is 1. The molecule has 0 saturated carbocycles. The Hall–Kier alpha value is -0.850. The SMILES string of the molecule is CC(=O)c1ccc(S(=O)(=O)N2CCSCC2C)cc1. The highest BCUT2D eigenvalue weighted by molar-refractivity contribution is 7.99. The molecule has 6 heteroatoms. The highest BCUT2D eigenvalue weighted by Gasteiger charge is 2.31. The van der Waals surface area contributed by atoms with E-state index in [-0.39, 0.29) is 16.7 Å². The van der Waals surface area contributed by atoms with Crippen molar-refractivity contribution in [2.75, 3.05) is 18.1 Å². The lowest BCUT2D eigenvalue weighted by molar-refractivity contribution is 0.101. The number of carbonyl (C=O) groups excluding carboxylic acids is 1. The number of hydrogen-bond donors (Lipinski definition) is 0. The molecule has 1 aromatic rings. The Morgan fingerprint density at radius 1 is 1.32 bits per heavy atom. The molecule has 0 aromatic heterocycles. The zero-order valence-electron chi connectivity index (χ0n) is 11.0. The van der Waals surface area contributed by atoms with E-state index in [0.717, 1.165) is 11.5 Å². The van der Waals surface area contributed by atoms with Crippen molar-refractivity contribution in [3.05, 3.63) is 29.8 Å². The first-order valence-corrected chi connectivity index (χ1v) is 8.73. The van der Waals surface area contributed by atoms with Crippen LogP contribution < -0.4 is 0 Å². The van der Waals surface area contributed by atoms with Gasteiger partial charge in [0.05, 0.1) is 4.90 Å². The molecule has 1 aliphatic heterocycles. The molecule has 1 unspecified atom stereocenters. The van der Waals surface area contributed by atoms with Gasteiger partial charge in [0.1, 0.15) is 0 Å². The fraction of sp³-hybridized carbons (Fsp3) is 0.462. The van der Waals surface area contributed by atoms with Crippen molar-refractivity contribution in [1.29, 1.82) is 0 Å². The number of Topliss-reactive ketones (excluding diaryl/α,β-unsaturated/α-hetero) is 1. The fourth-order valence-electron chi connectivity index (χ4n) is 2.07. The van der Waals surface area contributed by atoms with E-state index in [1.54, 1.807) is 28.2 Å². The van der Waals surface area contributed by atoms with E-state index >= 15 is 0 Å². The smallest absolute Gasteiger partial charge is 0.243 e. The van der Waals surface area contributed by atoms with E-state index in [9.17, 15) is 13.2 Å². The van der Waals surface area contributed by atoms with Crippen molar-refractivity contribution in [3.8, 4) is 0 Å². The molecule has 0 N–H and O–H groups in total. The van der Waals surface area contributed by atoms with Gasteiger partial charge >= 0.3 is 0 Å². The summed E-state index contributed by atoms with van der Waals surface area (Å²) >= 11 is 1.77. The molecule has 1 aromatic carbocycles. The molecule has 2 rings (SSSR count). The second kappa shape index (κ2) is 5.64. The van der Waals surface area contributed by atoms with Crippen LogP contribution in [0.5, 0.6) is 0 Å². The summed E-state index contributed by atoms with van der Waals surface area (Å²) in [5.41, 5.74) is 0.529. The predicted octanol–water partition coefficient (Wildman–Crippen LogP) is 2.02. The van der Waals surface area contributed by atoms with Crippen LogP contribution in [0.2, 0.25) is 0 Å². The van der Waals surface area contributed by atoms with Gasteiger partial charge in [-0.1, -0.05) is 12.1 Å². The van der Waals surface area contributed by atoms with Gasteiger partial charge in [-0.15, -0.1) is 0 Å². The van der Waals surface area contributed by atoms with E-state index in [2.05, 4.69) is 0 Å². The Bertz CT molecular complexity index is 566. The lowest BCUT2D eigenvalue weighted by atomic mass is 10.2. The minimum Gasteiger partial charge on any atom is -0.295 e. The van der Waals surface area contributed by atoms with Crippen LogP contribution in [0.15, 0.2) is 29.2 Å². The van der Waals surface area contributed by atoms with Crippen molar-refractivity contribution in [3.63, 3.8) is 0 Å². The highest BCUT2D eigenvalue weighted by Crippen LogP contribution is 2.24. The molecule has 1 atom stereocenters. The predicted molar refractivity (Wildman–Crippen MR) is 77.1 cm³/mol. The van der Waals surface area contributed by atoms with E-state index in [0.29, 0.717) is 12.1 Å². The van der Waals surface area contributed by atoms with E-state index in [1.165, 1.54) is 19.1 Å². The first-order valence-electron chi connectivity index (χ1n) is 6.13. The summed E-state index contributed by atoms with van der Waals surface area (Å²) in [7, 11) is -3.44. The summed E-state index contributed by atoms with van der Waals surface area (Å²) < 4.78 is 26.6. The minimum absolute atomic E-state index is 0.0104. The standard InChI is InChI=1S/C13H17NO3S2/c1-10-9-18-8-7-14(10)19(16,17)13-5-3-12(4-6-13)11(2)15/h3-6,10H,7-9H2,1-2H3. The number of nitrogens with zero attached hydrogens (tertiary/aromatic N) is 1. The number of hydrogen-bond acceptors (Lipinski definition) is 4. The van der Waals surface area contributed by atoms with Gasteiger partial charge in [-0.05, 0) is 26.0 Å². The van der Waals surface area contributed by atoms with Gasteiger partial charge in [-0.25, -0.2) is 8.42 Å². The van der Waals surface area contributed by atoms with Gasteiger partial charge in [0.2, 0.25) is 10.0 Å². The molecule has 0 radical (unpaired) electrons. The molecular formula is C13H17NO3S2. The number of sulfonamides is 1. The monoisotopic (exact) mass is 299 g/mol. The summed E-state index contributed by atoms with van der Waals surface area (Å²) in [6.07, 6.45) is 0. The molecular weight excluding hydrogens is 282 g/mol. The Morgan fingerprint density at radius 3 is 2.47 bits per heavy atom. The van der Waals surface area contributed by atoms with Gasteiger partial charge < -0.3 is 0 Å². The van der Waals surface area contributed by atoms with Crippen molar-refractivity contribution in [2.45, 2.75) is 24.8 Å². The Kier molecular flexibility index (Phi) is 4.32. The zero-order chi connectivity index (χ0) is 14.0. The Labute approximate surface area is 118 Å². The minimum atomic E-state index is -3.44. The van der Waals surface area contributed by atoms with Crippen LogP contribution in [0.3, 0.4) is 0 Å². The Morgan fingerprint density at radius 2 is 1.95 bits per heavy atom. The summed E-state index contributed by atoms with van der Waals surface area (Å²) in [6, 6.07) is 6.18. The normalized spacial score (nSPS) is 21.3. The molecule has 1 heterocycles. The molecule has 1 fully saturated rings. The number of carbonyl (C=O) groups is 1. The van der Waals surface area contributed by atoms with Crippen LogP contribution in [0.4, 0.5) is 0 Å². The maximum absolute atomic E-state index is 12.5. The third-order valence-electron chi connectivity index (χ3n) is 3.17. The second-order valence-electron chi connectivity index (χ2n) is 4.62. The topological polar surface area (TPSA) is 54.5 Å². The zero-order valence-corrected chi connectivity index (χ0v) is 12.6. The van der Waals surface area contributed by atoms with Crippen molar-refractivity contribution < 1.29 is 13.2 Å². The first-order chi connectivity index (χ1) is 8.93. The summed E-state index contributed by atoms with van der Waals surface area (Å²) in [4.78, 5) is 11.5.